The number of aryl methyl sites for hydroxylation is 1. The number of hydrogen-bond acceptors (Lipinski definition) is 5. The summed E-state index contributed by atoms with van der Waals surface area (Å²) in [6.45, 7) is 13.5. The van der Waals surface area contributed by atoms with Crippen LogP contribution >= 0.6 is 0 Å². The molecule has 0 aliphatic rings. The van der Waals surface area contributed by atoms with Crippen molar-refractivity contribution in [2.24, 2.45) is 0 Å². The van der Waals surface area contributed by atoms with Crippen LogP contribution in [0.1, 0.15) is 84.8 Å². The van der Waals surface area contributed by atoms with Crippen LogP contribution in [0.5, 0.6) is 0 Å². The van der Waals surface area contributed by atoms with E-state index in [1.807, 2.05) is 6.92 Å². The van der Waals surface area contributed by atoms with Gasteiger partial charge in [0.2, 0.25) is 11.8 Å². The summed E-state index contributed by atoms with van der Waals surface area (Å²) in [5.41, 5.74) is 0. The average Bonchev–Trinajstić information content (AvgIpc) is 3.13. The molecule has 2 amide bonds. The van der Waals surface area contributed by atoms with Gasteiger partial charge in [-0.05, 0) is 52.7 Å². The van der Waals surface area contributed by atoms with Crippen molar-refractivity contribution in [1.29, 1.82) is 0 Å². The van der Waals surface area contributed by atoms with E-state index in [-0.39, 0.29) is 24.4 Å². The second kappa shape index (κ2) is 15.0. The van der Waals surface area contributed by atoms with E-state index < -0.39 is 0 Å². The smallest absolute Gasteiger partial charge is 0.245 e. The van der Waals surface area contributed by atoms with Gasteiger partial charge in [-0.2, -0.15) is 0 Å². The molecular weight excluding hydrogens is 380 g/mol. The second-order valence-electron chi connectivity index (χ2n) is 8.07. The molecule has 1 aromatic rings. The first-order valence-corrected chi connectivity index (χ1v) is 11.7. The van der Waals surface area contributed by atoms with E-state index in [1.54, 1.807) is 17.9 Å². The molecule has 1 atom stereocenters. The van der Waals surface area contributed by atoms with E-state index in [4.69, 9.17) is 4.52 Å². The van der Waals surface area contributed by atoms with Gasteiger partial charge in [-0.1, -0.05) is 51.6 Å². The summed E-state index contributed by atoms with van der Waals surface area (Å²) in [5, 5.41) is 6.54. The molecule has 0 spiro atoms. The lowest BCUT2D eigenvalue weighted by molar-refractivity contribution is -0.137. The SMILES string of the molecule is CCCCCCCC(=O)N(CC(=O)Nc1cc(C)on1)C(C)CCCN(CC)CC. The van der Waals surface area contributed by atoms with Gasteiger partial charge in [0.25, 0.3) is 0 Å². The molecule has 1 heterocycles. The van der Waals surface area contributed by atoms with Crippen molar-refractivity contribution in [3.05, 3.63) is 11.8 Å². The number of rotatable bonds is 16. The fraction of sp³-hybridized carbons (Fsp3) is 0.783. The molecule has 1 aromatic heterocycles. The first-order chi connectivity index (χ1) is 14.4. The monoisotopic (exact) mass is 422 g/mol. The molecular formula is C23H42N4O3. The van der Waals surface area contributed by atoms with E-state index >= 15 is 0 Å². The first-order valence-electron chi connectivity index (χ1n) is 11.7. The summed E-state index contributed by atoms with van der Waals surface area (Å²) >= 11 is 0. The number of nitrogens with zero attached hydrogens (tertiary/aromatic N) is 3. The van der Waals surface area contributed by atoms with Crippen LogP contribution in [-0.4, -0.2) is 59.0 Å². The van der Waals surface area contributed by atoms with Crippen molar-refractivity contribution in [1.82, 2.24) is 15.0 Å². The van der Waals surface area contributed by atoms with Crippen LogP contribution in [0.25, 0.3) is 0 Å². The molecule has 7 heteroatoms. The van der Waals surface area contributed by atoms with Crippen LogP contribution in [-0.2, 0) is 9.59 Å². The molecule has 7 nitrogen and oxygen atoms in total. The predicted molar refractivity (Wildman–Crippen MR) is 121 cm³/mol. The molecule has 1 N–H and O–H groups in total. The minimum atomic E-state index is -0.238. The Balaban J connectivity index is 2.63. The van der Waals surface area contributed by atoms with E-state index in [0.29, 0.717) is 18.0 Å². The summed E-state index contributed by atoms with van der Waals surface area (Å²) in [6, 6.07) is 1.69. The molecule has 0 radical (unpaired) electrons. The van der Waals surface area contributed by atoms with Crippen LogP contribution in [0, 0.1) is 6.92 Å². The van der Waals surface area contributed by atoms with Crippen molar-refractivity contribution in [3.63, 3.8) is 0 Å². The number of hydrogen-bond donors (Lipinski definition) is 1. The summed E-state index contributed by atoms with van der Waals surface area (Å²) in [6.07, 6.45) is 7.89. The topological polar surface area (TPSA) is 78.7 Å². The maximum Gasteiger partial charge on any atom is 0.245 e. The standard InChI is InChI=1S/C23H42N4O3/c1-6-9-10-11-12-15-23(29)27(19(4)14-13-16-26(7-2)8-3)18-22(28)24-21-17-20(5)30-25-21/h17,19H,6-16,18H2,1-5H3,(H,24,25,28). The van der Waals surface area contributed by atoms with Crippen molar-refractivity contribution in [2.75, 3.05) is 31.5 Å². The van der Waals surface area contributed by atoms with Crippen LogP contribution in [0.4, 0.5) is 5.82 Å². The third kappa shape index (κ3) is 10.2. The Labute approximate surface area is 182 Å². The number of carbonyl (C=O) groups is 2. The zero-order chi connectivity index (χ0) is 22.4. The molecule has 1 unspecified atom stereocenters. The Kier molecular flexibility index (Phi) is 13.1. The zero-order valence-electron chi connectivity index (χ0n) is 19.7. The Bertz CT molecular complexity index is 613. The Morgan fingerprint density at radius 1 is 1.10 bits per heavy atom. The molecule has 0 bridgehead atoms. The van der Waals surface area contributed by atoms with E-state index in [1.165, 1.54) is 12.8 Å². The molecule has 172 valence electrons. The minimum Gasteiger partial charge on any atom is -0.360 e. The normalized spacial score (nSPS) is 12.2. The highest BCUT2D eigenvalue weighted by atomic mass is 16.5. The van der Waals surface area contributed by atoms with Crippen LogP contribution in [0.2, 0.25) is 0 Å². The third-order valence-electron chi connectivity index (χ3n) is 5.55. The number of nitrogens with one attached hydrogen (secondary N) is 1. The number of amides is 2. The first kappa shape index (κ1) is 26.1. The Hall–Kier alpha value is -1.89. The number of carbonyl (C=O) groups excluding carboxylic acids is 2. The zero-order valence-corrected chi connectivity index (χ0v) is 19.7. The van der Waals surface area contributed by atoms with Gasteiger partial charge in [0.15, 0.2) is 5.82 Å². The molecule has 0 aromatic carbocycles. The summed E-state index contributed by atoms with van der Waals surface area (Å²) in [4.78, 5) is 29.6. The lowest BCUT2D eigenvalue weighted by atomic mass is 10.1. The molecule has 30 heavy (non-hydrogen) atoms. The largest absolute Gasteiger partial charge is 0.360 e. The maximum atomic E-state index is 12.9. The van der Waals surface area contributed by atoms with Gasteiger partial charge in [-0.3, -0.25) is 9.59 Å². The van der Waals surface area contributed by atoms with Crippen molar-refractivity contribution < 1.29 is 14.1 Å². The summed E-state index contributed by atoms with van der Waals surface area (Å²) < 4.78 is 5.00. The number of aromatic nitrogens is 1. The van der Waals surface area contributed by atoms with Gasteiger partial charge in [0.05, 0.1) is 0 Å². The molecule has 0 aliphatic heterocycles. The third-order valence-corrected chi connectivity index (χ3v) is 5.55. The van der Waals surface area contributed by atoms with E-state index in [0.717, 1.165) is 51.7 Å². The lowest BCUT2D eigenvalue weighted by Gasteiger charge is -2.29. The van der Waals surface area contributed by atoms with Gasteiger partial charge < -0.3 is 19.6 Å². The molecule has 0 saturated heterocycles. The Morgan fingerprint density at radius 3 is 2.40 bits per heavy atom. The van der Waals surface area contributed by atoms with E-state index in [2.05, 4.69) is 36.1 Å². The average molecular weight is 423 g/mol. The highest BCUT2D eigenvalue weighted by Crippen LogP contribution is 2.14. The fourth-order valence-corrected chi connectivity index (χ4v) is 3.58. The lowest BCUT2D eigenvalue weighted by Crippen LogP contribution is -2.44. The summed E-state index contributed by atoms with van der Waals surface area (Å²) in [7, 11) is 0. The number of unbranched alkanes of at least 4 members (excludes halogenated alkanes) is 4. The highest BCUT2D eigenvalue weighted by molar-refractivity contribution is 5.93. The van der Waals surface area contributed by atoms with E-state index in [9.17, 15) is 9.59 Å². The van der Waals surface area contributed by atoms with Crippen molar-refractivity contribution in [3.8, 4) is 0 Å². The van der Waals surface area contributed by atoms with Gasteiger partial charge >= 0.3 is 0 Å². The second-order valence-corrected chi connectivity index (χ2v) is 8.07. The number of anilines is 1. The molecule has 1 rings (SSSR count). The van der Waals surface area contributed by atoms with Crippen LogP contribution in [0.3, 0.4) is 0 Å². The van der Waals surface area contributed by atoms with Gasteiger partial charge in [-0.15, -0.1) is 0 Å². The van der Waals surface area contributed by atoms with Crippen molar-refractivity contribution >= 4 is 17.6 Å². The minimum absolute atomic E-state index is 0.0218. The van der Waals surface area contributed by atoms with Crippen molar-refractivity contribution in [2.45, 2.75) is 92.0 Å². The van der Waals surface area contributed by atoms with Gasteiger partial charge in [-0.25, -0.2) is 0 Å². The molecule has 0 saturated carbocycles. The van der Waals surface area contributed by atoms with Gasteiger partial charge in [0.1, 0.15) is 12.3 Å². The highest BCUT2D eigenvalue weighted by Gasteiger charge is 2.23. The molecule has 0 fully saturated rings. The molecule has 0 aliphatic carbocycles. The predicted octanol–water partition coefficient (Wildman–Crippen LogP) is 4.62. The quantitative estimate of drug-likeness (QED) is 0.393. The maximum absolute atomic E-state index is 12.9. The van der Waals surface area contributed by atoms with Crippen LogP contribution in [0.15, 0.2) is 10.6 Å². The van der Waals surface area contributed by atoms with Gasteiger partial charge in [0, 0.05) is 18.5 Å². The fourth-order valence-electron chi connectivity index (χ4n) is 3.58. The Morgan fingerprint density at radius 2 is 1.80 bits per heavy atom. The van der Waals surface area contributed by atoms with Crippen LogP contribution < -0.4 is 5.32 Å². The summed E-state index contributed by atoms with van der Waals surface area (Å²) in [5.74, 6) is 0.847.